The van der Waals surface area contributed by atoms with Gasteiger partial charge in [0.15, 0.2) is 0 Å². The van der Waals surface area contributed by atoms with Crippen LogP contribution in [0, 0.1) is 17.3 Å². The van der Waals surface area contributed by atoms with Gasteiger partial charge in [0, 0.05) is 31.5 Å². The highest BCUT2D eigenvalue weighted by Crippen LogP contribution is 2.60. The highest BCUT2D eigenvalue weighted by atomic mass is 19.3. The van der Waals surface area contributed by atoms with Gasteiger partial charge in [-0.05, 0) is 18.3 Å². The van der Waals surface area contributed by atoms with Crippen molar-refractivity contribution in [3.05, 3.63) is 0 Å². The van der Waals surface area contributed by atoms with Crippen LogP contribution in [0.25, 0.3) is 0 Å². The molecule has 1 heterocycles. The molecule has 1 nitrogen and oxygen atoms in total. The molecule has 3 heteroatoms. The molecule has 3 fully saturated rings. The van der Waals surface area contributed by atoms with Gasteiger partial charge in [-0.25, -0.2) is 8.78 Å². The zero-order valence-electron chi connectivity index (χ0n) is 7.89. The lowest BCUT2D eigenvalue weighted by atomic mass is 10.1. The minimum atomic E-state index is -2.30. The third-order valence-corrected chi connectivity index (χ3v) is 3.98. The van der Waals surface area contributed by atoms with E-state index in [1.54, 1.807) is 0 Å². The Labute approximate surface area is 77.1 Å². The maximum Gasteiger partial charge on any atom is 0.257 e. The number of likely N-dealkylation sites (tertiary alicyclic amines) is 1. The number of halogens is 2. The van der Waals surface area contributed by atoms with Crippen molar-refractivity contribution >= 4 is 0 Å². The molecule has 0 N–H and O–H groups in total. The van der Waals surface area contributed by atoms with Crippen molar-refractivity contribution in [2.75, 3.05) is 19.6 Å². The van der Waals surface area contributed by atoms with Crippen LogP contribution in [0.2, 0.25) is 0 Å². The van der Waals surface area contributed by atoms with Crippen molar-refractivity contribution in [2.24, 2.45) is 17.3 Å². The topological polar surface area (TPSA) is 3.24 Å². The van der Waals surface area contributed by atoms with Crippen molar-refractivity contribution in [3.8, 4) is 0 Å². The van der Waals surface area contributed by atoms with Crippen LogP contribution in [-0.2, 0) is 0 Å². The van der Waals surface area contributed by atoms with Gasteiger partial charge >= 0.3 is 0 Å². The van der Waals surface area contributed by atoms with Crippen LogP contribution in [-0.4, -0.2) is 30.5 Å². The molecule has 3 rings (SSSR count). The average molecular weight is 187 g/mol. The van der Waals surface area contributed by atoms with Gasteiger partial charge in [-0.1, -0.05) is 6.92 Å². The number of hydrogen-bond acceptors (Lipinski definition) is 1. The van der Waals surface area contributed by atoms with E-state index in [2.05, 4.69) is 11.8 Å². The van der Waals surface area contributed by atoms with Gasteiger partial charge in [-0.2, -0.15) is 0 Å². The summed E-state index contributed by atoms with van der Waals surface area (Å²) in [6.07, 6.45) is 2.57. The lowest BCUT2D eigenvalue weighted by Gasteiger charge is -2.22. The van der Waals surface area contributed by atoms with E-state index in [0.717, 1.165) is 6.54 Å². The summed E-state index contributed by atoms with van der Waals surface area (Å²) in [5, 5.41) is 0. The number of piperidine rings is 1. The summed E-state index contributed by atoms with van der Waals surface area (Å²) < 4.78 is 25.7. The molecule has 2 unspecified atom stereocenters. The molecule has 0 aromatic carbocycles. The van der Waals surface area contributed by atoms with Gasteiger partial charge in [-0.15, -0.1) is 0 Å². The summed E-state index contributed by atoms with van der Waals surface area (Å²) in [5.41, 5.74) is 0.478. The lowest BCUT2D eigenvalue weighted by Crippen LogP contribution is -2.32. The number of rotatable bonds is 2. The highest BCUT2D eigenvalue weighted by molar-refractivity contribution is 5.13. The van der Waals surface area contributed by atoms with Crippen molar-refractivity contribution in [2.45, 2.75) is 25.7 Å². The molecule has 0 aromatic heterocycles. The molecule has 2 atom stereocenters. The normalized spacial score (nSPS) is 44.5. The third kappa shape index (κ3) is 1.13. The molecular weight excluding hydrogens is 172 g/mol. The molecule has 2 saturated carbocycles. The van der Waals surface area contributed by atoms with E-state index < -0.39 is 5.92 Å². The first-order chi connectivity index (χ1) is 6.01. The molecule has 3 aliphatic rings. The van der Waals surface area contributed by atoms with E-state index in [1.807, 2.05) is 0 Å². The predicted octanol–water partition coefficient (Wildman–Crippen LogP) is 1.98. The number of hydrogen-bond donors (Lipinski definition) is 0. The van der Waals surface area contributed by atoms with E-state index in [0.29, 0.717) is 18.5 Å². The van der Waals surface area contributed by atoms with Crippen molar-refractivity contribution in [3.63, 3.8) is 0 Å². The average Bonchev–Trinajstić information content (AvgIpc) is 2.78. The second-order valence-electron chi connectivity index (χ2n) is 5.39. The fourth-order valence-corrected chi connectivity index (χ4v) is 2.63. The predicted molar refractivity (Wildman–Crippen MR) is 45.7 cm³/mol. The quantitative estimate of drug-likeness (QED) is 0.639. The van der Waals surface area contributed by atoms with Gasteiger partial charge in [0.25, 0.3) is 5.92 Å². The van der Waals surface area contributed by atoms with Crippen LogP contribution in [0.1, 0.15) is 19.8 Å². The monoisotopic (exact) mass is 187 g/mol. The second kappa shape index (κ2) is 2.08. The van der Waals surface area contributed by atoms with Crippen LogP contribution in [0.5, 0.6) is 0 Å². The molecule has 1 aliphatic heterocycles. The molecule has 74 valence electrons. The Bertz CT molecular complexity index is 233. The van der Waals surface area contributed by atoms with Gasteiger partial charge in [0.2, 0.25) is 0 Å². The zero-order chi connectivity index (χ0) is 9.27. The van der Waals surface area contributed by atoms with Crippen LogP contribution < -0.4 is 0 Å². The summed E-state index contributed by atoms with van der Waals surface area (Å²) in [6, 6.07) is 0. The first kappa shape index (κ1) is 8.16. The number of alkyl halides is 2. The van der Waals surface area contributed by atoms with Crippen LogP contribution >= 0.6 is 0 Å². The van der Waals surface area contributed by atoms with Gasteiger partial charge in [0.05, 0.1) is 0 Å². The zero-order valence-corrected chi connectivity index (χ0v) is 7.89. The first-order valence-corrected chi connectivity index (χ1v) is 5.11. The Morgan fingerprint density at radius 1 is 1.23 bits per heavy atom. The maximum absolute atomic E-state index is 12.8. The molecule has 0 radical (unpaired) electrons. The standard InChI is InChI=1S/C10H15F2N/c1-9(2-3-9)6-13-4-7-8(5-13)10(7,11)12/h7-8H,2-6H2,1H3. The lowest BCUT2D eigenvalue weighted by molar-refractivity contribution is 0.0497. The summed E-state index contributed by atoms with van der Waals surface area (Å²) in [4.78, 5) is 2.24. The summed E-state index contributed by atoms with van der Waals surface area (Å²) in [7, 11) is 0. The summed E-state index contributed by atoms with van der Waals surface area (Å²) in [5.74, 6) is -2.90. The molecule has 13 heavy (non-hydrogen) atoms. The highest BCUT2D eigenvalue weighted by Gasteiger charge is 2.71. The Kier molecular flexibility index (Phi) is 1.30. The Balaban J connectivity index is 1.56. The van der Waals surface area contributed by atoms with Crippen LogP contribution in [0.4, 0.5) is 8.78 Å². The summed E-state index contributed by atoms with van der Waals surface area (Å²) >= 11 is 0. The van der Waals surface area contributed by atoms with E-state index in [-0.39, 0.29) is 11.8 Å². The smallest absolute Gasteiger partial charge is 0.257 e. The number of fused-ring (bicyclic) bond motifs is 1. The Hall–Kier alpha value is -0.180. The molecule has 0 spiro atoms. The van der Waals surface area contributed by atoms with Crippen LogP contribution in [0.15, 0.2) is 0 Å². The molecule has 0 aromatic rings. The minimum absolute atomic E-state index is 0.296. The molecule has 0 amide bonds. The van der Waals surface area contributed by atoms with E-state index >= 15 is 0 Å². The molecule has 2 aliphatic carbocycles. The fraction of sp³-hybridized carbons (Fsp3) is 1.00. The SMILES string of the molecule is CC1(CN2CC3C(C2)C3(F)F)CC1. The van der Waals surface area contributed by atoms with Crippen molar-refractivity contribution < 1.29 is 8.78 Å². The number of nitrogens with zero attached hydrogens (tertiary/aromatic N) is 1. The van der Waals surface area contributed by atoms with Gasteiger partial charge in [-0.3, -0.25) is 0 Å². The Morgan fingerprint density at radius 3 is 2.23 bits per heavy atom. The third-order valence-electron chi connectivity index (χ3n) is 3.98. The molecule has 1 saturated heterocycles. The minimum Gasteiger partial charge on any atom is -0.302 e. The molecule has 0 bridgehead atoms. The fourth-order valence-electron chi connectivity index (χ4n) is 2.63. The van der Waals surface area contributed by atoms with E-state index in [4.69, 9.17) is 0 Å². The second-order valence-corrected chi connectivity index (χ2v) is 5.39. The van der Waals surface area contributed by atoms with E-state index in [1.165, 1.54) is 12.8 Å². The molecular formula is C10H15F2N. The maximum atomic E-state index is 12.8. The largest absolute Gasteiger partial charge is 0.302 e. The Morgan fingerprint density at radius 2 is 1.77 bits per heavy atom. The van der Waals surface area contributed by atoms with E-state index in [9.17, 15) is 8.78 Å². The van der Waals surface area contributed by atoms with Gasteiger partial charge < -0.3 is 4.90 Å². The van der Waals surface area contributed by atoms with Crippen molar-refractivity contribution in [1.82, 2.24) is 4.90 Å². The van der Waals surface area contributed by atoms with Crippen LogP contribution in [0.3, 0.4) is 0 Å². The van der Waals surface area contributed by atoms with Gasteiger partial charge in [0.1, 0.15) is 0 Å². The summed E-state index contributed by atoms with van der Waals surface area (Å²) in [6.45, 7) is 4.60. The first-order valence-electron chi connectivity index (χ1n) is 5.11. The van der Waals surface area contributed by atoms with Crippen molar-refractivity contribution in [1.29, 1.82) is 0 Å².